The Morgan fingerprint density at radius 3 is 2.55 bits per heavy atom. The number of rotatable bonds is 3. The van der Waals surface area contributed by atoms with Gasteiger partial charge in [-0.2, -0.15) is 11.8 Å². The van der Waals surface area contributed by atoms with Crippen molar-refractivity contribution in [2.75, 3.05) is 16.6 Å². The Morgan fingerprint density at radius 2 is 1.70 bits per heavy atom. The lowest BCUT2D eigenvalue weighted by Gasteiger charge is -2.24. The number of anilines is 1. The number of nitrogens with one attached hydrogen (secondary N) is 1. The van der Waals surface area contributed by atoms with Crippen molar-refractivity contribution < 1.29 is 8.42 Å². The summed E-state index contributed by atoms with van der Waals surface area (Å²) >= 11 is 8.01. The van der Waals surface area contributed by atoms with Crippen molar-refractivity contribution in [3.05, 3.63) is 98.2 Å². The molecule has 0 radical (unpaired) electrons. The number of thioether (sulfide) groups is 1. The summed E-state index contributed by atoms with van der Waals surface area (Å²) in [6.07, 6.45) is 0. The third-order valence-electron chi connectivity index (χ3n) is 5.51. The molecule has 0 spiro atoms. The summed E-state index contributed by atoms with van der Waals surface area (Å²) in [5.74, 6) is 1.36. The second kappa shape index (κ2) is 8.40. The Kier molecular flexibility index (Phi) is 5.55. The van der Waals surface area contributed by atoms with E-state index in [2.05, 4.69) is 4.98 Å². The number of hydrogen-bond acceptors (Lipinski definition) is 5. The van der Waals surface area contributed by atoms with Crippen LogP contribution in [0.5, 0.6) is 0 Å². The quantitative estimate of drug-likeness (QED) is 0.463. The average molecular weight is 500 g/mol. The lowest BCUT2D eigenvalue weighted by Crippen LogP contribution is -2.35. The zero-order valence-corrected chi connectivity index (χ0v) is 19.6. The highest BCUT2D eigenvalue weighted by molar-refractivity contribution is 7.98. The highest BCUT2D eigenvalue weighted by atomic mass is 35.5. The second-order valence-electron chi connectivity index (χ2n) is 7.49. The maximum absolute atomic E-state index is 13.7. The molecule has 7 nitrogen and oxygen atoms in total. The molecule has 0 saturated carbocycles. The minimum absolute atomic E-state index is 0.00669. The van der Waals surface area contributed by atoms with Crippen LogP contribution < -0.4 is 15.6 Å². The molecule has 0 aliphatic carbocycles. The average Bonchev–Trinajstić information content (AvgIpc) is 3.03. The lowest BCUT2D eigenvalue weighted by molar-refractivity contribution is 0.592. The number of hydrogen-bond donors (Lipinski definition) is 1. The SMILES string of the molecule is O=c1[nH]c2ccccc2c(=O)n1-c1cc(S(=O)(=O)N2CCSCc3ccccc32)ccc1Cl. The molecule has 10 heteroatoms. The van der Waals surface area contributed by atoms with Crippen molar-refractivity contribution in [3.8, 4) is 5.69 Å². The minimum atomic E-state index is -3.98. The van der Waals surface area contributed by atoms with Crippen LogP contribution in [0.4, 0.5) is 5.69 Å². The topological polar surface area (TPSA) is 92.2 Å². The van der Waals surface area contributed by atoms with Gasteiger partial charge in [0.2, 0.25) is 0 Å². The molecule has 1 aromatic heterocycles. The highest BCUT2D eigenvalue weighted by Crippen LogP contribution is 2.33. The fraction of sp³-hybridized carbons (Fsp3) is 0.130. The fourth-order valence-corrected chi connectivity index (χ4v) is 6.67. The summed E-state index contributed by atoms with van der Waals surface area (Å²) in [4.78, 5) is 28.5. The van der Waals surface area contributed by atoms with E-state index in [1.807, 2.05) is 12.1 Å². The van der Waals surface area contributed by atoms with Crippen molar-refractivity contribution in [2.45, 2.75) is 10.6 Å². The van der Waals surface area contributed by atoms with Gasteiger partial charge in [0, 0.05) is 18.1 Å². The Labute approximate surface area is 198 Å². The molecule has 3 aromatic carbocycles. The van der Waals surface area contributed by atoms with E-state index in [0.717, 1.165) is 15.9 Å². The summed E-state index contributed by atoms with van der Waals surface area (Å²) in [7, 11) is -3.98. The Balaban J connectivity index is 1.69. The predicted molar refractivity (Wildman–Crippen MR) is 132 cm³/mol. The fourth-order valence-electron chi connectivity index (χ4n) is 3.91. The Morgan fingerprint density at radius 1 is 0.939 bits per heavy atom. The summed E-state index contributed by atoms with van der Waals surface area (Å²) in [5.41, 5.74) is 0.670. The van der Waals surface area contributed by atoms with E-state index >= 15 is 0 Å². The molecule has 4 aromatic rings. The zero-order chi connectivity index (χ0) is 23.2. The van der Waals surface area contributed by atoms with Crippen LogP contribution in [-0.4, -0.2) is 30.3 Å². The van der Waals surface area contributed by atoms with Crippen LogP contribution in [0.3, 0.4) is 0 Å². The predicted octanol–water partition coefficient (Wildman–Crippen LogP) is 3.77. The number of nitrogens with zero attached hydrogens (tertiary/aromatic N) is 2. The van der Waals surface area contributed by atoms with Gasteiger partial charge in [0.25, 0.3) is 15.6 Å². The van der Waals surface area contributed by atoms with Gasteiger partial charge < -0.3 is 4.98 Å². The maximum Gasteiger partial charge on any atom is 0.333 e. The summed E-state index contributed by atoms with van der Waals surface area (Å²) in [5, 5.41) is 0.378. The molecule has 1 aliphatic heterocycles. The molecule has 33 heavy (non-hydrogen) atoms. The van der Waals surface area contributed by atoms with Gasteiger partial charge in [-0.3, -0.25) is 9.10 Å². The van der Waals surface area contributed by atoms with E-state index in [0.29, 0.717) is 28.9 Å². The Bertz CT molecular complexity index is 1610. The molecule has 0 bridgehead atoms. The van der Waals surface area contributed by atoms with Gasteiger partial charge in [-0.05, 0) is 42.0 Å². The second-order valence-corrected chi connectivity index (χ2v) is 10.9. The smallest absolute Gasteiger partial charge is 0.306 e. The van der Waals surface area contributed by atoms with Crippen LogP contribution in [0.25, 0.3) is 16.6 Å². The van der Waals surface area contributed by atoms with Crippen LogP contribution in [0.15, 0.2) is 81.2 Å². The first-order chi connectivity index (χ1) is 15.9. The van der Waals surface area contributed by atoms with E-state index in [1.54, 1.807) is 48.2 Å². The first-order valence-corrected chi connectivity index (χ1v) is 13.1. The molecular formula is C23H18ClN3O4S2. The van der Waals surface area contributed by atoms with E-state index in [4.69, 9.17) is 11.6 Å². The van der Waals surface area contributed by atoms with Crippen molar-refractivity contribution in [3.63, 3.8) is 0 Å². The van der Waals surface area contributed by atoms with Gasteiger partial charge in [-0.25, -0.2) is 17.8 Å². The highest BCUT2D eigenvalue weighted by Gasteiger charge is 2.29. The minimum Gasteiger partial charge on any atom is -0.306 e. The van der Waals surface area contributed by atoms with Gasteiger partial charge in [0.1, 0.15) is 0 Å². The number of sulfonamides is 1. The van der Waals surface area contributed by atoms with Gasteiger partial charge in [-0.1, -0.05) is 41.9 Å². The lowest BCUT2D eigenvalue weighted by atomic mass is 10.2. The van der Waals surface area contributed by atoms with Crippen molar-refractivity contribution in [1.29, 1.82) is 0 Å². The van der Waals surface area contributed by atoms with Gasteiger partial charge in [0.15, 0.2) is 0 Å². The van der Waals surface area contributed by atoms with Crippen LogP contribution in [0.1, 0.15) is 5.56 Å². The van der Waals surface area contributed by atoms with Crippen molar-refractivity contribution in [2.24, 2.45) is 0 Å². The molecule has 0 unspecified atom stereocenters. The van der Waals surface area contributed by atoms with Crippen molar-refractivity contribution >= 4 is 50.0 Å². The zero-order valence-electron chi connectivity index (χ0n) is 17.2. The standard InChI is InChI=1S/C23H18ClN3O4S2/c24-18-10-9-16(33(30,31)26-11-12-32-14-15-5-1-4-8-20(15)26)13-21(18)27-22(28)17-6-2-3-7-19(17)25-23(27)29/h1-10,13H,11-12,14H2,(H,25,29). The summed E-state index contributed by atoms with van der Waals surface area (Å²) in [6, 6.07) is 18.1. The first kappa shape index (κ1) is 21.8. The molecule has 2 heterocycles. The van der Waals surface area contributed by atoms with Gasteiger partial charge in [0.05, 0.1) is 32.2 Å². The van der Waals surface area contributed by atoms with Crippen molar-refractivity contribution in [1.82, 2.24) is 9.55 Å². The van der Waals surface area contributed by atoms with E-state index < -0.39 is 21.3 Å². The Hall–Kier alpha value is -3.01. The van der Waals surface area contributed by atoms with Crippen LogP contribution in [0, 0.1) is 0 Å². The number of H-pyrrole nitrogens is 1. The summed E-state index contributed by atoms with van der Waals surface area (Å²) < 4.78 is 29.6. The first-order valence-electron chi connectivity index (χ1n) is 10.1. The molecule has 168 valence electrons. The molecule has 0 saturated heterocycles. The summed E-state index contributed by atoms with van der Waals surface area (Å²) in [6.45, 7) is 0.304. The molecule has 0 fully saturated rings. The van der Waals surface area contributed by atoms with Gasteiger partial charge >= 0.3 is 5.69 Å². The number of para-hydroxylation sites is 2. The number of halogens is 1. The van der Waals surface area contributed by atoms with Crippen LogP contribution >= 0.6 is 23.4 Å². The van der Waals surface area contributed by atoms with Gasteiger partial charge in [-0.15, -0.1) is 0 Å². The maximum atomic E-state index is 13.7. The molecular weight excluding hydrogens is 482 g/mol. The largest absolute Gasteiger partial charge is 0.333 e. The number of fused-ring (bicyclic) bond motifs is 2. The molecule has 0 amide bonds. The normalized spacial score (nSPS) is 14.2. The third kappa shape index (κ3) is 3.76. The number of benzene rings is 3. The van der Waals surface area contributed by atoms with E-state index in [-0.39, 0.29) is 15.6 Å². The van der Waals surface area contributed by atoms with E-state index in [9.17, 15) is 18.0 Å². The molecule has 1 N–H and O–H groups in total. The van der Waals surface area contributed by atoms with E-state index in [1.165, 1.54) is 22.5 Å². The molecule has 0 atom stereocenters. The molecule has 1 aliphatic rings. The third-order valence-corrected chi connectivity index (χ3v) is 8.62. The monoisotopic (exact) mass is 499 g/mol. The van der Waals surface area contributed by atoms with Crippen LogP contribution in [0.2, 0.25) is 5.02 Å². The van der Waals surface area contributed by atoms with Crippen LogP contribution in [-0.2, 0) is 15.8 Å². The molecule has 5 rings (SSSR count). The number of aromatic nitrogens is 2. The number of aromatic amines is 1.